The summed E-state index contributed by atoms with van der Waals surface area (Å²) in [5.74, 6) is -0.641. The predicted molar refractivity (Wildman–Crippen MR) is 128 cm³/mol. The highest BCUT2D eigenvalue weighted by Gasteiger charge is 2.26. The molecule has 2 aromatic carbocycles. The Morgan fingerprint density at radius 2 is 1.78 bits per heavy atom. The molecule has 5 rings (SSSR count). The third kappa shape index (κ3) is 4.15. The zero-order valence-corrected chi connectivity index (χ0v) is 18.6. The molecule has 1 amide bonds. The second kappa shape index (κ2) is 8.79. The van der Waals surface area contributed by atoms with Crippen molar-refractivity contribution < 1.29 is 14.7 Å². The number of rotatable bonds is 6. The molecule has 1 aliphatic rings. The van der Waals surface area contributed by atoms with Gasteiger partial charge in [-0.1, -0.05) is 30.3 Å². The topological polar surface area (TPSA) is 71.3 Å². The maximum absolute atomic E-state index is 13.1. The molecule has 0 saturated heterocycles. The number of nitrogens with one attached hydrogen (secondary N) is 1. The van der Waals surface area contributed by atoms with E-state index < -0.39 is 5.97 Å². The Morgan fingerprint density at radius 1 is 1.00 bits per heavy atom. The lowest BCUT2D eigenvalue weighted by Crippen LogP contribution is -2.32. The van der Waals surface area contributed by atoms with Crippen molar-refractivity contribution in [1.82, 2.24) is 9.88 Å². The number of carboxylic acid groups (broad SMARTS) is 1. The minimum atomic E-state index is -0.696. The van der Waals surface area contributed by atoms with E-state index in [1.165, 1.54) is 15.0 Å². The molecule has 1 fully saturated rings. The fourth-order valence-electron chi connectivity index (χ4n) is 4.80. The van der Waals surface area contributed by atoms with Gasteiger partial charge in [-0.2, -0.15) is 0 Å². The second-order valence-corrected chi connectivity index (χ2v) is 9.87. The minimum absolute atomic E-state index is 0.0627. The molecule has 2 heterocycles. The fraction of sp³-hybridized carbons (Fsp3) is 0.308. The highest BCUT2D eigenvalue weighted by atomic mass is 32.1. The first-order chi connectivity index (χ1) is 15.6. The first kappa shape index (κ1) is 20.8. The maximum Gasteiger partial charge on any atom is 0.306 e. The minimum Gasteiger partial charge on any atom is -0.481 e. The van der Waals surface area contributed by atoms with E-state index in [-0.39, 0.29) is 11.8 Å². The van der Waals surface area contributed by atoms with Crippen molar-refractivity contribution in [3.63, 3.8) is 0 Å². The molecule has 4 aromatic rings. The van der Waals surface area contributed by atoms with Crippen molar-refractivity contribution in [2.24, 2.45) is 11.8 Å². The molecule has 0 bridgehead atoms. The van der Waals surface area contributed by atoms with E-state index >= 15 is 0 Å². The van der Waals surface area contributed by atoms with Crippen molar-refractivity contribution in [1.29, 1.82) is 0 Å². The molecule has 164 valence electrons. The van der Waals surface area contributed by atoms with Crippen LogP contribution in [0.5, 0.6) is 0 Å². The van der Waals surface area contributed by atoms with Crippen molar-refractivity contribution >= 4 is 44.2 Å². The van der Waals surface area contributed by atoms with Crippen LogP contribution in [0.1, 0.15) is 40.9 Å². The average Bonchev–Trinajstić information content (AvgIpc) is 3.41. The molecule has 0 spiro atoms. The lowest BCUT2D eigenvalue weighted by atomic mass is 9.82. The zero-order chi connectivity index (χ0) is 22.1. The van der Waals surface area contributed by atoms with E-state index in [2.05, 4.69) is 52.5 Å². The summed E-state index contributed by atoms with van der Waals surface area (Å²) in [5.41, 5.74) is 1.64. The normalized spacial score (nSPS) is 18.8. The Labute approximate surface area is 190 Å². The molecule has 2 N–H and O–H groups in total. The van der Waals surface area contributed by atoms with Crippen LogP contribution in [0.25, 0.3) is 21.0 Å². The Morgan fingerprint density at radius 3 is 2.56 bits per heavy atom. The number of hydrogen-bond donors (Lipinski definition) is 2. The van der Waals surface area contributed by atoms with Crippen LogP contribution in [0, 0.1) is 11.8 Å². The summed E-state index contributed by atoms with van der Waals surface area (Å²) in [6.07, 6.45) is 5.15. The van der Waals surface area contributed by atoms with E-state index in [1.807, 2.05) is 18.2 Å². The molecular weight excluding hydrogens is 420 g/mol. The number of aromatic nitrogens is 1. The molecule has 2 aromatic heterocycles. The van der Waals surface area contributed by atoms with E-state index in [0.29, 0.717) is 30.9 Å². The molecule has 0 aliphatic heterocycles. The summed E-state index contributed by atoms with van der Waals surface area (Å²) >= 11 is 1.79. The fourth-order valence-corrected chi connectivity index (χ4v) is 5.87. The number of carboxylic acids is 1. The molecule has 0 atom stereocenters. The molecule has 32 heavy (non-hydrogen) atoms. The maximum atomic E-state index is 13.1. The van der Waals surface area contributed by atoms with Crippen LogP contribution in [-0.4, -0.2) is 28.1 Å². The number of thiophene rings is 1. The first-order valence-electron chi connectivity index (χ1n) is 11.1. The number of fused-ring (bicyclic) bond motifs is 2. The van der Waals surface area contributed by atoms with Gasteiger partial charge in [0.15, 0.2) is 0 Å². The number of nitrogens with zero attached hydrogens (tertiary/aromatic N) is 1. The highest BCUT2D eigenvalue weighted by Crippen LogP contribution is 2.30. The lowest BCUT2D eigenvalue weighted by molar-refractivity contribution is -0.143. The highest BCUT2D eigenvalue weighted by molar-refractivity contribution is 7.19. The summed E-state index contributed by atoms with van der Waals surface area (Å²) in [5, 5.41) is 14.6. The van der Waals surface area contributed by atoms with Crippen LogP contribution >= 0.6 is 11.3 Å². The van der Waals surface area contributed by atoms with Gasteiger partial charge in [0, 0.05) is 27.7 Å². The van der Waals surface area contributed by atoms with Crippen LogP contribution in [0.15, 0.2) is 60.8 Å². The van der Waals surface area contributed by atoms with Gasteiger partial charge in [-0.3, -0.25) is 9.59 Å². The van der Waals surface area contributed by atoms with Crippen LogP contribution in [0.4, 0.5) is 0 Å². The molecule has 5 nitrogen and oxygen atoms in total. The molecule has 0 radical (unpaired) electrons. The molecular formula is C26H26N2O3S. The Kier molecular flexibility index (Phi) is 5.70. The molecule has 1 saturated carbocycles. The second-order valence-electron chi connectivity index (χ2n) is 8.70. The number of carbonyl (C=O) groups is 2. The zero-order valence-electron chi connectivity index (χ0n) is 17.8. The quantitative estimate of drug-likeness (QED) is 0.409. The van der Waals surface area contributed by atoms with Gasteiger partial charge in [-0.15, -0.1) is 11.3 Å². The standard InChI is InChI=1S/C26H26N2O3S/c29-25(27-15-17-8-10-19(11-9-17)26(30)31)22-6-3-5-18-12-13-28(24(18)22)16-21-14-20-4-1-2-7-23(20)32-21/h1-7,12-14,17,19H,8-11,15-16H2,(H,27,29)(H,30,31). The Bertz CT molecular complexity index is 1250. The van der Waals surface area contributed by atoms with E-state index in [9.17, 15) is 14.7 Å². The summed E-state index contributed by atoms with van der Waals surface area (Å²) in [4.78, 5) is 25.5. The Hall–Kier alpha value is -3.12. The van der Waals surface area contributed by atoms with Crippen LogP contribution in [-0.2, 0) is 11.3 Å². The van der Waals surface area contributed by atoms with Gasteiger partial charge in [-0.25, -0.2) is 0 Å². The van der Waals surface area contributed by atoms with Crippen molar-refractivity contribution in [2.75, 3.05) is 6.54 Å². The van der Waals surface area contributed by atoms with Crippen LogP contribution < -0.4 is 5.32 Å². The van der Waals surface area contributed by atoms with Gasteiger partial charge in [0.2, 0.25) is 0 Å². The summed E-state index contributed by atoms with van der Waals surface area (Å²) in [6.45, 7) is 1.32. The number of para-hydroxylation sites is 1. The Balaban J connectivity index is 1.32. The number of aliphatic carboxylic acids is 1. The smallest absolute Gasteiger partial charge is 0.306 e. The van der Waals surface area contributed by atoms with Crippen molar-refractivity contribution in [2.45, 2.75) is 32.2 Å². The summed E-state index contributed by atoms with van der Waals surface area (Å²) < 4.78 is 3.43. The lowest BCUT2D eigenvalue weighted by Gasteiger charge is -2.26. The van der Waals surface area contributed by atoms with Crippen LogP contribution in [0.3, 0.4) is 0 Å². The van der Waals surface area contributed by atoms with E-state index in [4.69, 9.17) is 0 Å². The van der Waals surface area contributed by atoms with Gasteiger partial charge < -0.3 is 15.0 Å². The summed E-state index contributed by atoms with van der Waals surface area (Å²) in [7, 11) is 0. The number of hydrogen-bond acceptors (Lipinski definition) is 3. The average molecular weight is 447 g/mol. The van der Waals surface area contributed by atoms with Gasteiger partial charge in [0.05, 0.1) is 23.5 Å². The largest absolute Gasteiger partial charge is 0.481 e. The van der Waals surface area contributed by atoms with Gasteiger partial charge >= 0.3 is 5.97 Å². The monoisotopic (exact) mass is 446 g/mol. The predicted octanol–water partition coefficient (Wildman–Crippen LogP) is 5.53. The number of amides is 1. The van der Waals surface area contributed by atoms with Crippen molar-refractivity contribution in [3.8, 4) is 0 Å². The SMILES string of the molecule is O=C(NCC1CCC(C(=O)O)CC1)c1cccc2ccn(Cc3cc4ccccc4s3)c12. The molecule has 6 heteroatoms. The number of benzene rings is 2. The first-order valence-corrected chi connectivity index (χ1v) is 12.0. The number of carbonyl (C=O) groups excluding carboxylic acids is 1. The van der Waals surface area contributed by atoms with Gasteiger partial charge in [-0.05, 0) is 61.3 Å². The molecule has 0 unspecified atom stereocenters. The van der Waals surface area contributed by atoms with Gasteiger partial charge in [0.25, 0.3) is 5.91 Å². The summed E-state index contributed by atoms with van der Waals surface area (Å²) in [6, 6.07) is 18.5. The van der Waals surface area contributed by atoms with E-state index in [0.717, 1.165) is 30.3 Å². The van der Waals surface area contributed by atoms with Crippen LogP contribution in [0.2, 0.25) is 0 Å². The van der Waals surface area contributed by atoms with Crippen molar-refractivity contribution in [3.05, 3.63) is 71.2 Å². The van der Waals surface area contributed by atoms with E-state index in [1.54, 1.807) is 11.3 Å². The van der Waals surface area contributed by atoms with Gasteiger partial charge in [0.1, 0.15) is 0 Å². The third-order valence-corrected chi connectivity index (χ3v) is 7.68. The third-order valence-electron chi connectivity index (χ3n) is 6.58. The molecule has 1 aliphatic carbocycles.